The van der Waals surface area contributed by atoms with Gasteiger partial charge >= 0.3 is 11.9 Å². The zero-order valence-corrected chi connectivity index (χ0v) is 23.6. The summed E-state index contributed by atoms with van der Waals surface area (Å²) in [6, 6.07) is -0.593. The lowest BCUT2D eigenvalue weighted by atomic mass is 9.36. The summed E-state index contributed by atoms with van der Waals surface area (Å²) >= 11 is 0. The van der Waals surface area contributed by atoms with E-state index in [1.165, 1.54) is 6.92 Å². The smallest absolute Gasteiger partial charge is 0.331 e. The van der Waals surface area contributed by atoms with Gasteiger partial charge in [0, 0.05) is 12.5 Å². The van der Waals surface area contributed by atoms with Gasteiger partial charge in [0.1, 0.15) is 6.10 Å². The number of nitrogens with two attached hydrogens (primary N) is 1. The van der Waals surface area contributed by atoms with Crippen LogP contribution in [-0.4, -0.2) is 51.6 Å². The fourth-order valence-corrected chi connectivity index (χ4v) is 9.68. The van der Waals surface area contributed by atoms with Crippen LogP contribution in [0.15, 0.2) is 22.8 Å². The van der Waals surface area contributed by atoms with Crippen LogP contribution >= 0.6 is 0 Å². The average Bonchev–Trinajstić information content (AvgIpc) is 2.99. The maximum absolute atomic E-state index is 12.6. The zero-order chi connectivity index (χ0) is 27.7. The Bertz CT molecular complexity index is 1020. The number of esters is 1. The maximum Gasteiger partial charge on any atom is 0.331 e. The third kappa shape index (κ3) is 4.02. The molecule has 4 fully saturated rings. The molecule has 0 aromatic rings. The molecule has 4 aliphatic carbocycles. The molecule has 0 aromatic carbocycles. The van der Waals surface area contributed by atoms with Gasteiger partial charge in [-0.25, -0.2) is 4.79 Å². The summed E-state index contributed by atoms with van der Waals surface area (Å²) in [7, 11) is 0. The third-order valence-electron chi connectivity index (χ3n) is 11.6. The zero-order valence-electron chi connectivity index (χ0n) is 23.6. The normalized spacial score (nSPS) is 48.3. The molecule has 208 valence electrons. The van der Waals surface area contributed by atoms with Crippen molar-refractivity contribution in [2.24, 2.45) is 45.7 Å². The minimum absolute atomic E-state index is 0.0515. The molecule has 11 atom stereocenters. The van der Waals surface area contributed by atoms with Crippen LogP contribution in [-0.2, 0) is 14.3 Å². The van der Waals surface area contributed by atoms with Crippen LogP contribution in [0.4, 0.5) is 0 Å². The summed E-state index contributed by atoms with van der Waals surface area (Å²) in [5.41, 5.74) is 7.72. The van der Waals surface area contributed by atoms with E-state index in [2.05, 4.69) is 27.7 Å². The number of carboxylic acids is 1. The highest BCUT2D eigenvalue weighted by molar-refractivity contribution is 5.88. The number of hydrogen-bond donors (Lipinski definition) is 4. The van der Waals surface area contributed by atoms with Crippen molar-refractivity contribution < 1.29 is 29.6 Å². The Hall–Kier alpha value is -1.70. The molecule has 0 unspecified atom stereocenters. The summed E-state index contributed by atoms with van der Waals surface area (Å²) in [6.45, 7) is 14.0. The minimum Gasteiger partial charge on any atom is -0.478 e. The molecule has 0 aliphatic heterocycles. The molecule has 0 radical (unpaired) electrons. The van der Waals surface area contributed by atoms with Gasteiger partial charge in [-0.1, -0.05) is 39.3 Å². The van der Waals surface area contributed by atoms with Crippen molar-refractivity contribution in [2.45, 2.75) is 111 Å². The van der Waals surface area contributed by atoms with Gasteiger partial charge in [0.2, 0.25) is 0 Å². The predicted molar refractivity (Wildman–Crippen MR) is 141 cm³/mol. The molecule has 0 aromatic heterocycles. The number of aliphatic hydroxyl groups is 2. The quantitative estimate of drug-likeness (QED) is 0.250. The molecule has 0 heterocycles. The van der Waals surface area contributed by atoms with Crippen molar-refractivity contribution in [1.29, 1.82) is 0 Å². The highest BCUT2D eigenvalue weighted by Crippen LogP contribution is 2.74. The first-order valence-electron chi connectivity index (χ1n) is 14.0. The predicted octanol–water partition coefficient (Wildman–Crippen LogP) is 4.21. The number of carbonyl (C=O) groups excluding carboxylic acids is 1. The lowest BCUT2D eigenvalue weighted by Crippen LogP contribution is -2.68. The SMILES string of the molecule is CC(=O)O[C@@H]1/C(=C(/CC=C(C)C)C(=O)O)[C@@H]2C[C@@H](O)[C@H]3[C@@]4(C)CC[C@@H](O)[C@@H](C)[C@@H]4CC[C@]3(C)[C@@]2(C)[C@@H]1N. The topological polar surface area (TPSA) is 130 Å². The first-order chi connectivity index (χ1) is 17.1. The number of carbonyl (C=O) groups is 2. The number of carboxylic acid groups (broad SMARTS) is 1. The molecule has 4 saturated carbocycles. The van der Waals surface area contributed by atoms with Crippen molar-refractivity contribution in [3.05, 3.63) is 22.8 Å². The lowest BCUT2D eigenvalue weighted by Gasteiger charge is -2.69. The number of hydrogen-bond acceptors (Lipinski definition) is 6. The molecule has 4 aliphatic rings. The number of aliphatic carboxylic acids is 1. The van der Waals surface area contributed by atoms with E-state index in [-0.39, 0.29) is 41.3 Å². The van der Waals surface area contributed by atoms with Gasteiger partial charge in [0.05, 0.1) is 18.2 Å². The van der Waals surface area contributed by atoms with Gasteiger partial charge in [-0.2, -0.15) is 0 Å². The minimum atomic E-state index is -1.03. The van der Waals surface area contributed by atoms with Crippen molar-refractivity contribution in [3.63, 3.8) is 0 Å². The lowest BCUT2D eigenvalue weighted by molar-refractivity contribution is -0.237. The summed E-state index contributed by atoms with van der Waals surface area (Å²) in [5, 5.41) is 32.9. The van der Waals surface area contributed by atoms with E-state index in [1.54, 1.807) is 0 Å². The van der Waals surface area contributed by atoms with Crippen molar-refractivity contribution in [2.75, 3.05) is 0 Å². The number of ether oxygens (including phenoxy) is 1. The van der Waals surface area contributed by atoms with Crippen LogP contribution in [0.3, 0.4) is 0 Å². The fraction of sp³-hybridized carbons (Fsp3) is 0.800. The fourth-order valence-electron chi connectivity index (χ4n) is 9.68. The van der Waals surface area contributed by atoms with Crippen LogP contribution in [0.5, 0.6) is 0 Å². The number of aliphatic hydroxyl groups excluding tert-OH is 2. The largest absolute Gasteiger partial charge is 0.478 e. The van der Waals surface area contributed by atoms with E-state index < -0.39 is 41.0 Å². The second-order valence-electron chi connectivity index (χ2n) is 13.4. The van der Waals surface area contributed by atoms with Gasteiger partial charge in [0.15, 0.2) is 0 Å². The van der Waals surface area contributed by atoms with Gasteiger partial charge in [-0.15, -0.1) is 0 Å². The van der Waals surface area contributed by atoms with E-state index in [0.717, 1.165) is 24.8 Å². The van der Waals surface area contributed by atoms with Crippen LogP contribution in [0, 0.1) is 39.9 Å². The van der Waals surface area contributed by atoms with Crippen molar-refractivity contribution in [3.8, 4) is 0 Å². The van der Waals surface area contributed by atoms with Crippen LogP contribution < -0.4 is 5.73 Å². The number of fused-ring (bicyclic) bond motifs is 5. The molecular formula is C30H47NO6. The van der Waals surface area contributed by atoms with Crippen LogP contribution in [0.25, 0.3) is 0 Å². The Morgan fingerprint density at radius 1 is 1.08 bits per heavy atom. The highest BCUT2D eigenvalue weighted by atomic mass is 16.5. The third-order valence-corrected chi connectivity index (χ3v) is 11.6. The van der Waals surface area contributed by atoms with E-state index in [1.807, 2.05) is 19.9 Å². The molecule has 7 heteroatoms. The molecule has 5 N–H and O–H groups in total. The molecule has 0 amide bonds. The van der Waals surface area contributed by atoms with Crippen molar-refractivity contribution >= 4 is 11.9 Å². The van der Waals surface area contributed by atoms with Crippen LogP contribution in [0.2, 0.25) is 0 Å². The van der Waals surface area contributed by atoms with Gasteiger partial charge < -0.3 is 25.8 Å². The number of rotatable bonds is 4. The Labute approximate surface area is 221 Å². The molecular weight excluding hydrogens is 470 g/mol. The number of allylic oxidation sites excluding steroid dienone is 2. The summed E-state index contributed by atoms with van der Waals surface area (Å²) in [5.74, 6) is -1.43. The Kier molecular flexibility index (Phi) is 7.26. The standard InChI is InChI=1S/C30H47NO6/c1-15(2)8-9-18(27(35)36)23-20-14-22(34)25-28(5)12-11-21(33)16(3)19(28)10-13-29(25,6)30(20,7)26(31)24(23)37-17(4)32/h8,16,19-22,24-26,33-34H,9-14,31H2,1-7H3,(H,35,36)/b23-18-/t16-,19-,20-,21+,22+,24+,25-,26+,28-,29-,30+/m0/s1. The molecule has 0 bridgehead atoms. The van der Waals surface area contributed by atoms with E-state index in [4.69, 9.17) is 10.5 Å². The monoisotopic (exact) mass is 517 g/mol. The molecule has 0 saturated heterocycles. The first kappa shape index (κ1) is 28.3. The highest BCUT2D eigenvalue weighted by Gasteiger charge is 2.73. The molecule has 0 spiro atoms. The van der Waals surface area contributed by atoms with E-state index in [0.29, 0.717) is 24.3 Å². The Morgan fingerprint density at radius 3 is 2.30 bits per heavy atom. The van der Waals surface area contributed by atoms with Gasteiger partial charge in [-0.05, 0) is 97.9 Å². The molecule has 37 heavy (non-hydrogen) atoms. The van der Waals surface area contributed by atoms with E-state index in [9.17, 15) is 24.9 Å². The average molecular weight is 518 g/mol. The maximum atomic E-state index is 12.6. The second kappa shape index (κ2) is 9.49. The molecule has 7 nitrogen and oxygen atoms in total. The Morgan fingerprint density at radius 2 is 1.73 bits per heavy atom. The Balaban J connectivity index is 1.90. The van der Waals surface area contributed by atoms with Crippen LogP contribution in [0.1, 0.15) is 87.0 Å². The second-order valence-corrected chi connectivity index (χ2v) is 13.4. The molecule has 4 rings (SSSR count). The summed E-state index contributed by atoms with van der Waals surface area (Å²) in [6.07, 6.45) is 3.98. The van der Waals surface area contributed by atoms with Crippen molar-refractivity contribution in [1.82, 2.24) is 0 Å². The van der Waals surface area contributed by atoms with Gasteiger partial charge in [0.25, 0.3) is 0 Å². The van der Waals surface area contributed by atoms with E-state index >= 15 is 0 Å². The van der Waals surface area contributed by atoms with Gasteiger partial charge in [-0.3, -0.25) is 4.79 Å². The summed E-state index contributed by atoms with van der Waals surface area (Å²) < 4.78 is 5.83. The summed E-state index contributed by atoms with van der Waals surface area (Å²) in [4.78, 5) is 24.9. The first-order valence-corrected chi connectivity index (χ1v) is 14.0.